The molecule has 0 saturated carbocycles. The van der Waals surface area contributed by atoms with Crippen molar-refractivity contribution in [3.05, 3.63) is 0 Å². The van der Waals surface area contributed by atoms with E-state index in [1.807, 2.05) is 0 Å². The number of rotatable bonds is 5. The average molecular weight is 276 g/mol. The number of ether oxygens (including phenoxy) is 2. The van der Waals surface area contributed by atoms with E-state index in [1.54, 1.807) is 0 Å². The third kappa shape index (κ3) is 4.37. The van der Waals surface area contributed by atoms with Crippen molar-refractivity contribution in [2.75, 3.05) is 32.1 Å². The minimum atomic E-state index is 0.0897. The number of halogens is 1. The van der Waals surface area contributed by atoms with Crippen LogP contribution in [-0.4, -0.2) is 54.8 Å². The fourth-order valence-electron chi connectivity index (χ4n) is 2.96. The zero-order valence-electron chi connectivity index (χ0n) is 11.7. The Morgan fingerprint density at radius 2 is 2.00 bits per heavy atom. The largest absolute Gasteiger partial charge is 0.377 e. The highest BCUT2D eigenvalue weighted by Gasteiger charge is 2.33. The maximum atomic E-state index is 6.05. The number of hydrogen-bond donors (Lipinski definition) is 0. The summed E-state index contributed by atoms with van der Waals surface area (Å²) in [6.07, 6.45) is 5.50. The van der Waals surface area contributed by atoms with Crippen LogP contribution in [0.15, 0.2) is 0 Å². The highest BCUT2D eigenvalue weighted by Crippen LogP contribution is 2.30. The summed E-state index contributed by atoms with van der Waals surface area (Å²) in [7, 11) is 0. The Labute approximate surface area is 116 Å². The van der Waals surface area contributed by atoms with Crippen molar-refractivity contribution in [1.29, 1.82) is 0 Å². The Bertz CT molecular complexity index is 252. The summed E-state index contributed by atoms with van der Waals surface area (Å²) in [6, 6.07) is 0. The Hall–Kier alpha value is 0.170. The van der Waals surface area contributed by atoms with Crippen LogP contribution in [0.1, 0.15) is 39.5 Å². The number of likely N-dealkylation sites (tertiary alicyclic amines) is 1. The molecule has 0 amide bonds. The first-order valence-electron chi connectivity index (χ1n) is 7.17. The molecular weight excluding hydrogens is 250 g/mol. The second-order valence-corrected chi connectivity index (χ2v) is 6.48. The predicted octanol–water partition coefficient (Wildman–Crippen LogP) is 2.66. The predicted molar refractivity (Wildman–Crippen MR) is 74.3 cm³/mol. The second-order valence-electron chi connectivity index (χ2n) is 6.10. The van der Waals surface area contributed by atoms with Crippen LogP contribution in [0.3, 0.4) is 0 Å². The van der Waals surface area contributed by atoms with E-state index in [0.29, 0.717) is 24.7 Å². The van der Waals surface area contributed by atoms with Crippen LogP contribution in [0.5, 0.6) is 0 Å². The van der Waals surface area contributed by atoms with Crippen molar-refractivity contribution in [2.24, 2.45) is 0 Å². The zero-order valence-corrected chi connectivity index (χ0v) is 12.4. The van der Waals surface area contributed by atoms with Gasteiger partial charge in [-0.05, 0) is 39.5 Å². The summed E-state index contributed by atoms with van der Waals surface area (Å²) >= 11 is 5.64. The minimum absolute atomic E-state index is 0.0897. The lowest BCUT2D eigenvalue weighted by Crippen LogP contribution is -2.41. The number of alkyl halides is 1. The Balaban J connectivity index is 1.65. The molecule has 0 aromatic heterocycles. The van der Waals surface area contributed by atoms with E-state index in [2.05, 4.69) is 18.7 Å². The average Bonchev–Trinajstić information content (AvgIpc) is 2.68. The van der Waals surface area contributed by atoms with Crippen LogP contribution in [0.2, 0.25) is 0 Å². The summed E-state index contributed by atoms with van der Waals surface area (Å²) in [5.41, 5.74) is 0.0897. The van der Waals surface area contributed by atoms with Gasteiger partial charge in [0, 0.05) is 25.5 Å². The lowest BCUT2D eigenvalue weighted by molar-refractivity contribution is -0.0409. The van der Waals surface area contributed by atoms with Gasteiger partial charge in [-0.2, -0.15) is 0 Å². The van der Waals surface area contributed by atoms with E-state index in [-0.39, 0.29) is 5.60 Å². The zero-order chi connectivity index (χ0) is 13.0. The first-order valence-corrected chi connectivity index (χ1v) is 7.70. The minimum Gasteiger partial charge on any atom is -0.377 e. The molecule has 0 aromatic rings. The molecule has 2 aliphatic rings. The molecule has 0 N–H and O–H groups in total. The van der Waals surface area contributed by atoms with Gasteiger partial charge in [-0.3, -0.25) is 0 Å². The lowest BCUT2D eigenvalue weighted by atomic mass is 10.0. The first kappa shape index (κ1) is 14.6. The normalized spacial score (nSPS) is 29.8. The highest BCUT2D eigenvalue weighted by molar-refractivity contribution is 6.17. The van der Waals surface area contributed by atoms with Crippen molar-refractivity contribution < 1.29 is 9.47 Å². The van der Waals surface area contributed by atoms with Crippen LogP contribution < -0.4 is 0 Å². The Morgan fingerprint density at radius 3 is 2.56 bits per heavy atom. The molecule has 0 bridgehead atoms. The van der Waals surface area contributed by atoms with Gasteiger partial charge in [-0.25, -0.2) is 0 Å². The van der Waals surface area contributed by atoms with Crippen molar-refractivity contribution in [2.45, 2.75) is 57.3 Å². The van der Waals surface area contributed by atoms with Crippen molar-refractivity contribution in [1.82, 2.24) is 4.90 Å². The molecule has 0 spiro atoms. The summed E-state index contributed by atoms with van der Waals surface area (Å²) in [5, 5.41) is 0. The van der Waals surface area contributed by atoms with Gasteiger partial charge < -0.3 is 14.4 Å². The highest BCUT2D eigenvalue weighted by atomic mass is 35.5. The molecule has 1 atom stereocenters. The van der Waals surface area contributed by atoms with Gasteiger partial charge >= 0.3 is 0 Å². The van der Waals surface area contributed by atoms with Gasteiger partial charge in [0.05, 0.1) is 24.4 Å². The molecule has 2 saturated heterocycles. The quantitative estimate of drug-likeness (QED) is 0.720. The topological polar surface area (TPSA) is 21.7 Å². The van der Waals surface area contributed by atoms with Crippen LogP contribution >= 0.6 is 11.6 Å². The molecule has 3 nitrogen and oxygen atoms in total. The van der Waals surface area contributed by atoms with E-state index >= 15 is 0 Å². The third-order valence-electron chi connectivity index (χ3n) is 3.98. The van der Waals surface area contributed by atoms with Gasteiger partial charge in [-0.15, -0.1) is 11.6 Å². The summed E-state index contributed by atoms with van der Waals surface area (Å²) in [5.74, 6) is 0.602. The monoisotopic (exact) mass is 275 g/mol. The molecular formula is C14H26ClNO2. The van der Waals surface area contributed by atoms with E-state index in [1.165, 1.54) is 12.8 Å². The molecule has 0 aliphatic carbocycles. The molecule has 0 radical (unpaired) electrons. The molecule has 4 heteroatoms. The van der Waals surface area contributed by atoms with Crippen molar-refractivity contribution in [3.63, 3.8) is 0 Å². The van der Waals surface area contributed by atoms with Crippen molar-refractivity contribution >= 4 is 11.6 Å². The maximum Gasteiger partial charge on any atom is 0.0710 e. The third-order valence-corrected chi connectivity index (χ3v) is 4.14. The van der Waals surface area contributed by atoms with E-state index in [9.17, 15) is 0 Å². The molecule has 2 rings (SSSR count). The maximum absolute atomic E-state index is 6.05. The molecule has 2 aliphatic heterocycles. The SMILES string of the molecule is CC1(C)CCC(CN2CCC(OCCCl)CC2)O1. The van der Waals surface area contributed by atoms with Gasteiger partial charge in [-0.1, -0.05) is 0 Å². The van der Waals surface area contributed by atoms with Gasteiger partial charge in [0.2, 0.25) is 0 Å². The molecule has 18 heavy (non-hydrogen) atoms. The van der Waals surface area contributed by atoms with Crippen LogP contribution in [0.25, 0.3) is 0 Å². The summed E-state index contributed by atoms with van der Waals surface area (Å²) < 4.78 is 11.7. The number of piperidine rings is 1. The summed E-state index contributed by atoms with van der Waals surface area (Å²) in [4.78, 5) is 2.52. The standard InChI is InChI=1S/C14H26ClNO2/c1-14(2)6-3-13(18-14)11-16-8-4-12(5-9-16)17-10-7-15/h12-13H,3-11H2,1-2H3. The number of hydrogen-bond acceptors (Lipinski definition) is 3. The van der Waals surface area contributed by atoms with E-state index in [4.69, 9.17) is 21.1 Å². The van der Waals surface area contributed by atoms with Crippen LogP contribution in [-0.2, 0) is 9.47 Å². The fraction of sp³-hybridized carbons (Fsp3) is 1.00. The van der Waals surface area contributed by atoms with E-state index in [0.717, 1.165) is 32.5 Å². The van der Waals surface area contributed by atoms with Crippen LogP contribution in [0.4, 0.5) is 0 Å². The smallest absolute Gasteiger partial charge is 0.0710 e. The van der Waals surface area contributed by atoms with Crippen LogP contribution in [0, 0.1) is 0 Å². The molecule has 2 heterocycles. The number of nitrogens with zero attached hydrogens (tertiary/aromatic N) is 1. The van der Waals surface area contributed by atoms with Gasteiger partial charge in [0.1, 0.15) is 0 Å². The molecule has 1 unspecified atom stereocenters. The second kappa shape index (κ2) is 6.56. The molecule has 2 fully saturated rings. The Kier molecular flexibility index (Phi) is 5.31. The van der Waals surface area contributed by atoms with Gasteiger partial charge in [0.25, 0.3) is 0 Å². The van der Waals surface area contributed by atoms with E-state index < -0.39 is 0 Å². The molecule has 106 valence electrons. The van der Waals surface area contributed by atoms with Gasteiger partial charge in [0.15, 0.2) is 0 Å². The lowest BCUT2D eigenvalue weighted by Gasteiger charge is -2.33. The Morgan fingerprint density at radius 1 is 1.28 bits per heavy atom. The first-order chi connectivity index (χ1) is 8.59. The van der Waals surface area contributed by atoms with Crippen molar-refractivity contribution in [3.8, 4) is 0 Å². The molecule has 0 aromatic carbocycles. The fourth-order valence-corrected chi connectivity index (χ4v) is 3.05. The summed E-state index contributed by atoms with van der Waals surface area (Å²) in [6.45, 7) is 8.43.